The van der Waals surface area contributed by atoms with Crippen molar-refractivity contribution in [3.05, 3.63) is 30.4 Å². The van der Waals surface area contributed by atoms with Gasteiger partial charge in [-0.3, -0.25) is 9.78 Å². The summed E-state index contributed by atoms with van der Waals surface area (Å²) in [6, 6.07) is 3.69. The van der Waals surface area contributed by atoms with Gasteiger partial charge in [0.05, 0.1) is 5.92 Å². The molecule has 0 aromatic carbocycles. The van der Waals surface area contributed by atoms with Crippen molar-refractivity contribution in [3.8, 4) is 11.4 Å². The van der Waals surface area contributed by atoms with Gasteiger partial charge < -0.3 is 9.42 Å². The van der Waals surface area contributed by atoms with Gasteiger partial charge in [0, 0.05) is 37.0 Å². The highest BCUT2D eigenvalue weighted by Gasteiger charge is 2.41. The summed E-state index contributed by atoms with van der Waals surface area (Å²) in [6.07, 6.45) is 5.50. The summed E-state index contributed by atoms with van der Waals surface area (Å²) in [5.41, 5.74) is 0.889. The van der Waals surface area contributed by atoms with Gasteiger partial charge in [-0.15, -0.1) is 0 Å². The first-order valence-electron chi connectivity index (χ1n) is 6.84. The van der Waals surface area contributed by atoms with E-state index < -0.39 is 0 Å². The molecule has 3 heterocycles. The summed E-state index contributed by atoms with van der Waals surface area (Å²) < 4.78 is 5.31. The molecule has 2 aromatic rings. The second-order valence-electron chi connectivity index (χ2n) is 5.41. The van der Waals surface area contributed by atoms with Gasteiger partial charge in [0.1, 0.15) is 0 Å². The molecule has 0 spiro atoms. The van der Waals surface area contributed by atoms with Crippen molar-refractivity contribution in [2.45, 2.75) is 18.8 Å². The molecule has 2 aromatic heterocycles. The molecule has 20 heavy (non-hydrogen) atoms. The first-order chi connectivity index (χ1) is 9.81. The van der Waals surface area contributed by atoms with Crippen molar-refractivity contribution >= 4 is 5.91 Å². The second kappa shape index (κ2) is 4.40. The lowest BCUT2D eigenvalue weighted by Gasteiger charge is -2.37. The van der Waals surface area contributed by atoms with E-state index in [1.165, 1.54) is 0 Å². The van der Waals surface area contributed by atoms with Crippen molar-refractivity contribution < 1.29 is 9.32 Å². The van der Waals surface area contributed by atoms with Crippen LogP contribution < -0.4 is 0 Å². The molecular weight excluding hydrogens is 256 g/mol. The number of pyridine rings is 1. The molecule has 0 N–H and O–H groups in total. The van der Waals surface area contributed by atoms with Crippen LogP contribution in [0.4, 0.5) is 0 Å². The Kier molecular flexibility index (Phi) is 2.55. The summed E-state index contributed by atoms with van der Waals surface area (Å²) in [6.45, 7) is 1.40. The van der Waals surface area contributed by atoms with E-state index in [1.54, 1.807) is 12.4 Å². The molecule has 1 aliphatic heterocycles. The molecule has 0 unspecified atom stereocenters. The van der Waals surface area contributed by atoms with E-state index in [4.69, 9.17) is 4.52 Å². The standard InChI is InChI=1S/C14H14N4O2/c19-14(10-1-2-10)18-7-11(8-18)13-16-12(17-20-13)9-3-5-15-6-4-9/h3-6,10-11H,1-2,7-8H2. The second-order valence-corrected chi connectivity index (χ2v) is 5.41. The van der Waals surface area contributed by atoms with Crippen LogP contribution in [0.3, 0.4) is 0 Å². The Morgan fingerprint density at radius 2 is 2.00 bits per heavy atom. The lowest BCUT2D eigenvalue weighted by Crippen LogP contribution is -2.49. The van der Waals surface area contributed by atoms with E-state index in [9.17, 15) is 4.79 Å². The first kappa shape index (κ1) is 11.6. The van der Waals surface area contributed by atoms with Crippen LogP contribution in [0.15, 0.2) is 29.0 Å². The summed E-state index contributed by atoms with van der Waals surface area (Å²) in [7, 11) is 0. The zero-order valence-corrected chi connectivity index (χ0v) is 10.9. The number of amides is 1. The van der Waals surface area contributed by atoms with Crippen molar-refractivity contribution in [2.75, 3.05) is 13.1 Å². The van der Waals surface area contributed by atoms with E-state index in [2.05, 4.69) is 15.1 Å². The highest BCUT2D eigenvalue weighted by atomic mass is 16.5. The van der Waals surface area contributed by atoms with Gasteiger partial charge in [0.2, 0.25) is 17.6 Å². The first-order valence-corrected chi connectivity index (χ1v) is 6.84. The highest BCUT2D eigenvalue weighted by molar-refractivity contribution is 5.82. The molecule has 4 rings (SSSR count). The lowest BCUT2D eigenvalue weighted by atomic mass is 9.99. The highest BCUT2D eigenvalue weighted by Crippen LogP contribution is 2.35. The fourth-order valence-electron chi connectivity index (χ4n) is 2.42. The summed E-state index contributed by atoms with van der Waals surface area (Å²) in [5, 5.41) is 3.99. The van der Waals surface area contributed by atoms with Crippen molar-refractivity contribution in [1.29, 1.82) is 0 Å². The third-order valence-electron chi connectivity index (χ3n) is 3.85. The maximum Gasteiger partial charge on any atom is 0.233 e. The lowest BCUT2D eigenvalue weighted by molar-refractivity contribution is -0.137. The molecule has 1 saturated heterocycles. The maximum atomic E-state index is 11.8. The van der Waals surface area contributed by atoms with Crippen LogP contribution in [0.2, 0.25) is 0 Å². The van der Waals surface area contributed by atoms with Crippen LogP contribution in [0.5, 0.6) is 0 Å². The minimum atomic E-state index is 0.181. The van der Waals surface area contributed by atoms with Crippen LogP contribution in [-0.4, -0.2) is 39.0 Å². The largest absolute Gasteiger partial charge is 0.341 e. The van der Waals surface area contributed by atoms with Crippen LogP contribution in [0.1, 0.15) is 24.7 Å². The zero-order chi connectivity index (χ0) is 13.5. The van der Waals surface area contributed by atoms with Crippen molar-refractivity contribution in [3.63, 3.8) is 0 Å². The minimum Gasteiger partial charge on any atom is -0.341 e. The van der Waals surface area contributed by atoms with Gasteiger partial charge in [0.15, 0.2) is 0 Å². The number of rotatable bonds is 3. The van der Waals surface area contributed by atoms with E-state index >= 15 is 0 Å². The third kappa shape index (κ3) is 1.97. The molecule has 1 saturated carbocycles. The number of likely N-dealkylation sites (tertiary alicyclic amines) is 1. The summed E-state index contributed by atoms with van der Waals surface area (Å²) in [5.74, 6) is 1.95. The minimum absolute atomic E-state index is 0.181. The number of hydrogen-bond acceptors (Lipinski definition) is 5. The van der Waals surface area contributed by atoms with Crippen LogP contribution >= 0.6 is 0 Å². The number of nitrogens with zero attached hydrogens (tertiary/aromatic N) is 4. The van der Waals surface area contributed by atoms with Gasteiger partial charge >= 0.3 is 0 Å². The Labute approximate surface area is 115 Å². The van der Waals surface area contributed by atoms with Crippen molar-refractivity contribution in [1.82, 2.24) is 20.0 Å². The topological polar surface area (TPSA) is 72.1 Å². The quantitative estimate of drug-likeness (QED) is 0.844. The van der Waals surface area contributed by atoms with Gasteiger partial charge in [-0.05, 0) is 25.0 Å². The molecule has 0 radical (unpaired) electrons. The van der Waals surface area contributed by atoms with Gasteiger partial charge in [-0.1, -0.05) is 5.16 Å². The van der Waals surface area contributed by atoms with Crippen LogP contribution in [0.25, 0.3) is 11.4 Å². The fourth-order valence-corrected chi connectivity index (χ4v) is 2.42. The number of hydrogen-bond donors (Lipinski definition) is 0. The monoisotopic (exact) mass is 270 g/mol. The normalized spacial score (nSPS) is 18.9. The van der Waals surface area contributed by atoms with Crippen molar-refractivity contribution in [2.24, 2.45) is 5.92 Å². The average molecular weight is 270 g/mol. The molecule has 6 nitrogen and oxygen atoms in total. The summed E-state index contributed by atoms with van der Waals surface area (Å²) in [4.78, 5) is 22.1. The Morgan fingerprint density at radius 3 is 2.70 bits per heavy atom. The smallest absolute Gasteiger partial charge is 0.233 e. The number of aromatic nitrogens is 3. The Bertz CT molecular complexity index is 630. The van der Waals surface area contributed by atoms with E-state index in [0.717, 1.165) is 18.4 Å². The Hall–Kier alpha value is -2.24. The molecular formula is C14H14N4O2. The zero-order valence-electron chi connectivity index (χ0n) is 10.9. The Balaban J connectivity index is 1.43. The SMILES string of the molecule is O=C(C1CC1)N1CC(c2nc(-c3ccncc3)no2)C1. The molecule has 2 aliphatic rings. The van der Waals surface area contributed by atoms with E-state index in [1.807, 2.05) is 17.0 Å². The average Bonchev–Trinajstić information content (AvgIpc) is 3.17. The third-order valence-corrected chi connectivity index (χ3v) is 3.85. The molecule has 1 amide bonds. The molecule has 2 fully saturated rings. The fraction of sp³-hybridized carbons (Fsp3) is 0.429. The van der Waals surface area contributed by atoms with E-state index in [-0.39, 0.29) is 17.7 Å². The molecule has 102 valence electrons. The predicted molar refractivity (Wildman–Crippen MR) is 69.6 cm³/mol. The number of carbonyl (C=O) groups excluding carboxylic acids is 1. The maximum absolute atomic E-state index is 11.8. The molecule has 0 bridgehead atoms. The van der Waals surface area contributed by atoms with E-state index in [0.29, 0.717) is 24.8 Å². The van der Waals surface area contributed by atoms with Gasteiger partial charge in [-0.2, -0.15) is 4.98 Å². The number of carbonyl (C=O) groups is 1. The van der Waals surface area contributed by atoms with Gasteiger partial charge in [0.25, 0.3) is 0 Å². The molecule has 0 atom stereocenters. The molecule has 1 aliphatic carbocycles. The predicted octanol–water partition coefficient (Wildman–Crippen LogP) is 1.47. The van der Waals surface area contributed by atoms with Crippen LogP contribution in [-0.2, 0) is 4.79 Å². The van der Waals surface area contributed by atoms with Crippen LogP contribution in [0, 0.1) is 5.92 Å². The Morgan fingerprint density at radius 1 is 1.25 bits per heavy atom. The summed E-state index contributed by atoms with van der Waals surface area (Å²) >= 11 is 0. The molecule has 6 heteroatoms. The van der Waals surface area contributed by atoms with Gasteiger partial charge in [-0.25, -0.2) is 0 Å².